The van der Waals surface area contributed by atoms with Crippen LogP contribution in [-0.4, -0.2) is 11.2 Å². The van der Waals surface area contributed by atoms with E-state index in [9.17, 15) is 13.2 Å². The summed E-state index contributed by atoms with van der Waals surface area (Å²) in [5.74, 6) is -3.49. The van der Waals surface area contributed by atoms with Gasteiger partial charge in [0.2, 0.25) is 0 Å². The number of hydrogen-bond donors (Lipinski definition) is 2. The van der Waals surface area contributed by atoms with Crippen molar-refractivity contribution in [1.82, 2.24) is 0 Å². The molecule has 1 aromatic rings. The molecule has 0 aromatic heterocycles. The summed E-state index contributed by atoms with van der Waals surface area (Å²) in [5, 5.41) is 9.03. The van der Waals surface area contributed by atoms with Gasteiger partial charge in [0.15, 0.2) is 11.6 Å². The van der Waals surface area contributed by atoms with Crippen LogP contribution in [0, 0.1) is 17.5 Å². The zero-order valence-corrected chi connectivity index (χ0v) is 7.47. The fourth-order valence-corrected chi connectivity index (χ4v) is 1.09. The lowest BCUT2D eigenvalue weighted by atomic mass is 10.0. The van der Waals surface area contributed by atoms with Crippen LogP contribution in [0.3, 0.4) is 0 Å². The summed E-state index contributed by atoms with van der Waals surface area (Å²) in [6, 6.07) is 0.171. The molecular weight excluding hydrogens is 195 g/mol. The Kier molecular flexibility index (Phi) is 3.13. The summed E-state index contributed by atoms with van der Waals surface area (Å²) >= 11 is 0. The van der Waals surface area contributed by atoms with E-state index >= 15 is 0 Å². The predicted octanol–water partition coefficient (Wildman–Crippen LogP) is 1.48. The number of aliphatic hydroxyl groups excluding tert-OH is 1. The third-order valence-corrected chi connectivity index (χ3v) is 1.93. The fourth-order valence-electron chi connectivity index (χ4n) is 1.09. The first-order chi connectivity index (χ1) is 6.45. The zero-order valence-electron chi connectivity index (χ0n) is 7.47. The normalized spacial score (nSPS) is 15.3. The highest BCUT2D eigenvalue weighted by atomic mass is 19.2. The SMILES string of the molecule is C[C@H](O)[C@@H](N)c1c(F)ccc(F)c1F. The first-order valence-corrected chi connectivity index (χ1v) is 4.02. The van der Waals surface area contributed by atoms with E-state index in [-0.39, 0.29) is 0 Å². The smallest absolute Gasteiger partial charge is 0.166 e. The molecule has 0 aliphatic carbocycles. The van der Waals surface area contributed by atoms with Crippen molar-refractivity contribution < 1.29 is 18.3 Å². The Hall–Kier alpha value is -1.07. The molecule has 1 aromatic carbocycles. The first-order valence-electron chi connectivity index (χ1n) is 4.02. The van der Waals surface area contributed by atoms with Gasteiger partial charge in [-0.25, -0.2) is 13.2 Å². The molecule has 0 spiro atoms. The van der Waals surface area contributed by atoms with Crippen LogP contribution in [0.5, 0.6) is 0 Å². The Bertz CT molecular complexity index is 341. The van der Waals surface area contributed by atoms with Gasteiger partial charge >= 0.3 is 0 Å². The quantitative estimate of drug-likeness (QED) is 0.718. The lowest BCUT2D eigenvalue weighted by Crippen LogP contribution is -2.25. The maximum atomic E-state index is 13.1. The first kappa shape index (κ1) is 11.0. The van der Waals surface area contributed by atoms with Crippen molar-refractivity contribution in [3.05, 3.63) is 35.1 Å². The Balaban J connectivity index is 3.25. The number of hydrogen-bond acceptors (Lipinski definition) is 2. The summed E-state index contributed by atoms with van der Waals surface area (Å²) < 4.78 is 38.8. The molecule has 0 amide bonds. The van der Waals surface area contributed by atoms with Crippen LogP contribution in [0.4, 0.5) is 13.2 Å². The van der Waals surface area contributed by atoms with Gasteiger partial charge in [0.1, 0.15) is 5.82 Å². The van der Waals surface area contributed by atoms with Crippen LogP contribution in [0.2, 0.25) is 0 Å². The van der Waals surface area contributed by atoms with Crippen molar-refractivity contribution >= 4 is 0 Å². The second-order valence-electron chi connectivity index (χ2n) is 3.02. The van der Waals surface area contributed by atoms with Gasteiger partial charge in [-0.2, -0.15) is 0 Å². The van der Waals surface area contributed by atoms with Crippen molar-refractivity contribution in [2.24, 2.45) is 5.73 Å². The molecule has 0 saturated heterocycles. The molecule has 2 nitrogen and oxygen atoms in total. The summed E-state index contributed by atoms with van der Waals surface area (Å²) in [4.78, 5) is 0. The molecule has 14 heavy (non-hydrogen) atoms. The van der Waals surface area contributed by atoms with Gasteiger partial charge in [-0.3, -0.25) is 0 Å². The van der Waals surface area contributed by atoms with E-state index in [1.807, 2.05) is 0 Å². The van der Waals surface area contributed by atoms with Crippen LogP contribution in [-0.2, 0) is 0 Å². The van der Waals surface area contributed by atoms with Crippen LogP contribution >= 0.6 is 0 Å². The second-order valence-corrected chi connectivity index (χ2v) is 3.02. The zero-order chi connectivity index (χ0) is 10.9. The van der Waals surface area contributed by atoms with Gasteiger partial charge in [0, 0.05) is 5.56 Å². The summed E-state index contributed by atoms with van der Waals surface area (Å²) in [6.07, 6.45) is -1.15. The van der Waals surface area contributed by atoms with Crippen LogP contribution in [0.15, 0.2) is 12.1 Å². The van der Waals surface area contributed by atoms with E-state index in [0.717, 1.165) is 6.07 Å². The molecule has 2 atom stereocenters. The molecule has 78 valence electrons. The molecule has 0 aliphatic heterocycles. The maximum Gasteiger partial charge on any atom is 0.166 e. The van der Waals surface area contributed by atoms with Gasteiger partial charge in [0.05, 0.1) is 12.1 Å². The van der Waals surface area contributed by atoms with Gasteiger partial charge in [0.25, 0.3) is 0 Å². The highest BCUT2D eigenvalue weighted by Crippen LogP contribution is 2.23. The van der Waals surface area contributed by atoms with E-state index in [1.54, 1.807) is 0 Å². The largest absolute Gasteiger partial charge is 0.391 e. The average Bonchev–Trinajstić information content (AvgIpc) is 2.12. The molecule has 0 bridgehead atoms. The molecule has 5 heteroatoms. The highest BCUT2D eigenvalue weighted by molar-refractivity contribution is 5.24. The molecule has 0 aliphatic rings. The van der Waals surface area contributed by atoms with E-state index < -0.39 is 35.2 Å². The second kappa shape index (κ2) is 3.98. The summed E-state index contributed by atoms with van der Waals surface area (Å²) in [6.45, 7) is 1.27. The number of aliphatic hydroxyl groups is 1. The molecule has 0 fully saturated rings. The van der Waals surface area contributed by atoms with Gasteiger partial charge < -0.3 is 10.8 Å². The Morgan fingerprint density at radius 2 is 1.71 bits per heavy atom. The minimum Gasteiger partial charge on any atom is -0.391 e. The van der Waals surface area contributed by atoms with E-state index in [1.165, 1.54) is 6.92 Å². The van der Waals surface area contributed by atoms with Crippen molar-refractivity contribution in [1.29, 1.82) is 0 Å². The average molecular weight is 205 g/mol. The van der Waals surface area contributed by atoms with Gasteiger partial charge in [-0.1, -0.05) is 0 Å². The Labute approximate surface area is 79.2 Å². The van der Waals surface area contributed by atoms with Gasteiger partial charge in [-0.15, -0.1) is 0 Å². The molecule has 0 saturated carbocycles. The van der Waals surface area contributed by atoms with Crippen molar-refractivity contribution in [3.63, 3.8) is 0 Å². The van der Waals surface area contributed by atoms with Crippen LogP contribution in [0.25, 0.3) is 0 Å². The minimum absolute atomic E-state index is 0.625. The van der Waals surface area contributed by atoms with Crippen LogP contribution < -0.4 is 5.73 Å². The Morgan fingerprint density at radius 1 is 1.21 bits per heavy atom. The fraction of sp³-hybridized carbons (Fsp3) is 0.333. The number of halogens is 3. The molecule has 1 rings (SSSR count). The van der Waals surface area contributed by atoms with E-state index in [2.05, 4.69) is 0 Å². The summed E-state index contributed by atoms with van der Waals surface area (Å²) in [7, 11) is 0. The number of benzene rings is 1. The minimum atomic E-state index is -1.35. The van der Waals surface area contributed by atoms with Crippen molar-refractivity contribution in [2.45, 2.75) is 19.1 Å². The standard InChI is InChI=1S/C9H10F3NO/c1-4(14)9(13)7-5(10)2-3-6(11)8(7)12/h2-4,9,14H,13H2,1H3/t4-,9+/m0/s1. The van der Waals surface area contributed by atoms with Crippen LogP contribution in [0.1, 0.15) is 18.5 Å². The topological polar surface area (TPSA) is 46.2 Å². The molecule has 0 heterocycles. The van der Waals surface area contributed by atoms with Crippen molar-refractivity contribution in [3.8, 4) is 0 Å². The molecule has 3 N–H and O–H groups in total. The molecule has 0 radical (unpaired) electrons. The third kappa shape index (κ3) is 1.88. The Morgan fingerprint density at radius 3 is 2.21 bits per heavy atom. The van der Waals surface area contributed by atoms with Crippen molar-refractivity contribution in [2.75, 3.05) is 0 Å². The number of nitrogens with two attached hydrogens (primary N) is 1. The third-order valence-electron chi connectivity index (χ3n) is 1.93. The van der Waals surface area contributed by atoms with E-state index in [4.69, 9.17) is 10.8 Å². The van der Waals surface area contributed by atoms with Gasteiger partial charge in [-0.05, 0) is 19.1 Å². The monoisotopic (exact) mass is 205 g/mol. The highest BCUT2D eigenvalue weighted by Gasteiger charge is 2.22. The molecule has 0 unspecified atom stereocenters. The lowest BCUT2D eigenvalue weighted by Gasteiger charge is -2.16. The number of rotatable bonds is 2. The summed E-state index contributed by atoms with van der Waals surface area (Å²) in [5.41, 5.74) is 4.69. The molecular formula is C9H10F3NO. The maximum absolute atomic E-state index is 13.1. The predicted molar refractivity (Wildman–Crippen MR) is 44.9 cm³/mol. The van der Waals surface area contributed by atoms with E-state index in [0.29, 0.717) is 6.07 Å². The lowest BCUT2D eigenvalue weighted by molar-refractivity contribution is 0.160.